The van der Waals surface area contributed by atoms with Crippen molar-refractivity contribution < 1.29 is 41.7 Å². The topological polar surface area (TPSA) is 119 Å². The number of carbonyl (C=O) groups is 2. The molecule has 2 bridgehead atoms. The van der Waals surface area contributed by atoms with Gasteiger partial charge >= 0.3 is 11.9 Å². The first-order chi connectivity index (χ1) is 17.1. The number of hydrogen-bond acceptors (Lipinski definition) is 7. The van der Waals surface area contributed by atoms with Gasteiger partial charge in [-0.3, -0.25) is 4.31 Å². The number of halogens is 1. The molecule has 0 aromatic heterocycles. The fourth-order valence-electron chi connectivity index (χ4n) is 4.57. The summed E-state index contributed by atoms with van der Waals surface area (Å²) in [5.74, 6) is -1.89. The normalized spacial score (nSPS) is 23.4. The molecule has 0 radical (unpaired) electrons. The summed E-state index contributed by atoms with van der Waals surface area (Å²) in [6, 6.07) is 10.7. The minimum absolute atomic E-state index is 0.0585. The van der Waals surface area contributed by atoms with E-state index in [1.807, 2.05) is 0 Å². The number of hydrogen-bond donors (Lipinski definition) is 1. The molecule has 192 valence electrons. The fraction of sp³-hybridized carbons (Fsp3) is 0.360. The van der Waals surface area contributed by atoms with Gasteiger partial charge in [0, 0.05) is 25.1 Å². The van der Waals surface area contributed by atoms with Crippen LogP contribution in [0.3, 0.4) is 0 Å². The Hall–Kier alpha value is -3.44. The standard InChI is InChI=1S/C25H26FNO8S/c1-2-33-23(28)13-14-27(25(24(29)30)15-20-7-8-21(16-25)35-20)36(31,32)22-11-9-19(10-12-22)34-18-5-3-17(26)4-6-18/h3-6,9-14,20-21H,2,7-8,15-16H2,1H3,(H,29,30). The summed E-state index contributed by atoms with van der Waals surface area (Å²) in [7, 11) is -4.43. The average molecular weight is 520 g/mol. The Morgan fingerprint density at radius 2 is 1.64 bits per heavy atom. The lowest BCUT2D eigenvalue weighted by Crippen LogP contribution is -2.59. The van der Waals surface area contributed by atoms with Gasteiger partial charge in [-0.25, -0.2) is 22.4 Å². The molecule has 2 atom stereocenters. The van der Waals surface area contributed by atoms with Crippen molar-refractivity contribution in [2.24, 2.45) is 0 Å². The smallest absolute Gasteiger partial charge is 0.332 e. The molecule has 0 saturated carbocycles. The quantitative estimate of drug-likeness (QED) is 0.392. The summed E-state index contributed by atoms with van der Waals surface area (Å²) in [5.41, 5.74) is -1.84. The summed E-state index contributed by atoms with van der Waals surface area (Å²) in [6.45, 7) is 1.68. The van der Waals surface area contributed by atoms with Crippen molar-refractivity contribution in [1.29, 1.82) is 0 Å². The van der Waals surface area contributed by atoms with E-state index in [1.54, 1.807) is 6.92 Å². The lowest BCUT2D eigenvalue weighted by Gasteiger charge is -2.43. The number of carboxylic acid groups (broad SMARTS) is 1. The first-order valence-corrected chi connectivity index (χ1v) is 12.9. The zero-order valence-corrected chi connectivity index (χ0v) is 20.3. The molecule has 0 spiro atoms. The van der Waals surface area contributed by atoms with Gasteiger partial charge in [0.05, 0.1) is 23.7 Å². The highest BCUT2D eigenvalue weighted by molar-refractivity contribution is 7.89. The van der Waals surface area contributed by atoms with E-state index < -0.39 is 45.5 Å². The maximum Gasteiger partial charge on any atom is 0.332 e. The highest BCUT2D eigenvalue weighted by Gasteiger charge is 2.56. The van der Waals surface area contributed by atoms with Gasteiger partial charge in [-0.05, 0) is 68.3 Å². The Kier molecular flexibility index (Phi) is 7.32. The van der Waals surface area contributed by atoms with Gasteiger partial charge < -0.3 is 19.3 Å². The largest absolute Gasteiger partial charge is 0.479 e. The van der Waals surface area contributed by atoms with Gasteiger partial charge in [-0.1, -0.05) is 0 Å². The van der Waals surface area contributed by atoms with Crippen LogP contribution < -0.4 is 4.74 Å². The van der Waals surface area contributed by atoms with E-state index in [9.17, 15) is 27.5 Å². The number of benzene rings is 2. The number of rotatable bonds is 9. The number of fused-ring (bicyclic) bond motifs is 2. The van der Waals surface area contributed by atoms with Crippen molar-refractivity contribution in [1.82, 2.24) is 4.31 Å². The summed E-state index contributed by atoms with van der Waals surface area (Å²) < 4.78 is 57.7. The van der Waals surface area contributed by atoms with Gasteiger partial charge in [0.2, 0.25) is 0 Å². The minimum Gasteiger partial charge on any atom is -0.479 e. The molecule has 2 unspecified atom stereocenters. The second kappa shape index (κ2) is 10.3. The zero-order chi connectivity index (χ0) is 25.9. The molecule has 2 saturated heterocycles. The van der Waals surface area contributed by atoms with Crippen LogP contribution in [-0.4, -0.2) is 54.1 Å². The van der Waals surface area contributed by atoms with Crippen molar-refractivity contribution in [2.45, 2.75) is 55.2 Å². The summed E-state index contributed by atoms with van der Waals surface area (Å²) in [5, 5.41) is 10.3. The minimum atomic E-state index is -4.43. The van der Waals surface area contributed by atoms with Gasteiger partial charge in [0.25, 0.3) is 10.0 Å². The molecule has 2 heterocycles. The molecule has 2 fully saturated rings. The molecule has 1 N–H and O–H groups in total. The van der Waals surface area contributed by atoms with Crippen LogP contribution in [0.1, 0.15) is 32.6 Å². The summed E-state index contributed by atoms with van der Waals surface area (Å²) in [4.78, 5) is 24.4. The molecule has 2 aliphatic heterocycles. The predicted molar refractivity (Wildman–Crippen MR) is 125 cm³/mol. The highest BCUT2D eigenvalue weighted by atomic mass is 32.2. The molecule has 0 aliphatic carbocycles. The van der Waals surface area contributed by atoms with Gasteiger partial charge in [-0.2, -0.15) is 0 Å². The van der Waals surface area contributed by atoms with Gasteiger partial charge in [0.15, 0.2) is 5.54 Å². The van der Waals surface area contributed by atoms with Crippen molar-refractivity contribution in [3.05, 3.63) is 66.6 Å². The molecule has 0 amide bonds. The highest BCUT2D eigenvalue weighted by Crippen LogP contribution is 2.44. The fourth-order valence-corrected chi connectivity index (χ4v) is 6.19. The Labute approximate surface area is 208 Å². The second-order valence-corrected chi connectivity index (χ2v) is 10.4. The Balaban J connectivity index is 1.69. The molecule has 11 heteroatoms. The number of nitrogens with zero attached hydrogens (tertiary/aromatic N) is 1. The average Bonchev–Trinajstić information content (AvgIpc) is 3.19. The number of sulfonamides is 1. The van der Waals surface area contributed by atoms with E-state index in [-0.39, 0.29) is 24.3 Å². The van der Waals surface area contributed by atoms with Crippen LogP contribution in [0.25, 0.3) is 0 Å². The maximum atomic E-state index is 13.8. The van der Waals surface area contributed by atoms with Crippen LogP contribution in [0.4, 0.5) is 4.39 Å². The monoisotopic (exact) mass is 519 g/mol. The van der Waals surface area contributed by atoms with Gasteiger partial charge in [-0.15, -0.1) is 0 Å². The first kappa shape index (κ1) is 25.6. The Morgan fingerprint density at radius 3 is 2.17 bits per heavy atom. The van der Waals surface area contributed by atoms with Crippen molar-refractivity contribution >= 4 is 22.0 Å². The van der Waals surface area contributed by atoms with E-state index in [0.717, 1.165) is 16.6 Å². The van der Waals surface area contributed by atoms with E-state index in [0.29, 0.717) is 24.3 Å². The zero-order valence-electron chi connectivity index (χ0n) is 19.5. The third-order valence-electron chi connectivity index (χ3n) is 6.21. The van der Waals surface area contributed by atoms with Crippen LogP contribution in [0, 0.1) is 5.82 Å². The third-order valence-corrected chi connectivity index (χ3v) is 8.07. The van der Waals surface area contributed by atoms with E-state index in [4.69, 9.17) is 14.2 Å². The Bertz CT molecular complexity index is 1230. The lowest BCUT2D eigenvalue weighted by molar-refractivity contribution is -0.157. The van der Waals surface area contributed by atoms with Crippen LogP contribution in [0.2, 0.25) is 0 Å². The van der Waals surface area contributed by atoms with Crippen LogP contribution in [0.5, 0.6) is 11.5 Å². The molecule has 36 heavy (non-hydrogen) atoms. The Morgan fingerprint density at radius 1 is 1.08 bits per heavy atom. The molecule has 2 aromatic rings. The van der Waals surface area contributed by atoms with Crippen molar-refractivity contribution in [2.75, 3.05) is 6.61 Å². The summed E-state index contributed by atoms with van der Waals surface area (Å²) >= 11 is 0. The molecular formula is C25H26FNO8S. The van der Waals surface area contributed by atoms with Crippen LogP contribution >= 0.6 is 0 Å². The SMILES string of the molecule is CCOC(=O)C=CN(C1(C(=O)O)CC2CCC(C1)O2)S(=O)(=O)c1ccc(Oc2ccc(F)cc2)cc1. The maximum absolute atomic E-state index is 13.8. The van der Waals surface area contributed by atoms with E-state index in [2.05, 4.69) is 0 Å². The molecule has 9 nitrogen and oxygen atoms in total. The number of ether oxygens (including phenoxy) is 3. The van der Waals surface area contributed by atoms with Crippen molar-refractivity contribution in [3.8, 4) is 11.5 Å². The van der Waals surface area contributed by atoms with Crippen LogP contribution in [-0.2, 0) is 29.1 Å². The van der Waals surface area contributed by atoms with E-state index in [1.165, 1.54) is 48.5 Å². The number of aliphatic carboxylic acids is 1. The number of carboxylic acids is 1. The van der Waals surface area contributed by atoms with Crippen LogP contribution in [0.15, 0.2) is 65.7 Å². The third kappa shape index (κ3) is 5.21. The van der Waals surface area contributed by atoms with Gasteiger partial charge in [0.1, 0.15) is 17.3 Å². The van der Waals surface area contributed by atoms with Crippen molar-refractivity contribution in [3.63, 3.8) is 0 Å². The molecular weight excluding hydrogens is 493 g/mol. The first-order valence-electron chi connectivity index (χ1n) is 11.5. The predicted octanol–water partition coefficient (Wildman–Crippen LogP) is 3.85. The number of esters is 1. The molecule has 2 aromatic carbocycles. The molecule has 2 aliphatic rings. The summed E-state index contributed by atoms with van der Waals surface area (Å²) in [6.07, 6.45) is 2.22. The lowest BCUT2D eigenvalue weighted by atomic mass is 9.86. The second-order valence-electron chi connectivity index (χ2n) is 8.60. The van der Waals surface area contributed by atoms with E-state index >= 15 is 0 Å². The molecule has 4 rings (SSSR count). The number of carbonyl (C=O) groups excluding carboxylic acids is 1.